The molecule has 0 aliphatic carbocycles. The minimum atomic E-state index is 0.235. The first-order valence-corrected chi connectivity index (χ1v) is 7.68. The third kappa shape index (κ3) is 4.98. The molecule has 1 aromatic carbocycles. The summed E-state index contributed by atoms with van der Waals surface area (Å²) >= 11 is 0. The van der Waals surface area contributed by atoms with Crippen molar-refractivity contribution in [1.29, 1.82) is 0 Å². The standard InChI is InChI=1S/C19H26N2/c1-15(17-12-8-9-13-20-17)21-18(14-19(2,3)4)16-10-6-5-7-11-16/h5-13,15,18,21H,14H2,1-4H3/t15-,18?/m1/s1. The van der Waals surface area contributed by atoms with E-state index in [1.807, 2.05) is 18.3 Å². The summed E-state index contributed by atoms with van der Waals surface area (Å²) in [5.74, 6) is 0. The summed E-state index contributed by atoms with van der Waals surface area (Å²) in [6.07, 6.45) is 2.95. The molecule has 1 unspecified atom stereocenters. The van der Waals surface area contributed by atoms with Crippen molar-refractivity contribution in [3.63, 3.8) is 0 Å². The third-order valence-corrected chi connectivity index (χ3v) is 3.60. The topological polar surface area (TPSA) is 24.9 Å². The summed E-state index contributed by atoms with van der Waals surface area (Å²) in [5, 5.41) is 3.74. The highest BCUT2D eigenvalue weighted by Gasteiger charge is 2.22. The summed E-state index contributed by atoms with van der Waals surface area (Å²) in [7, 11) is 0. The van der Waals surface area contributed by atoms with Crippen LogP contribution in [0.15, 0.2) is 54.7 Å². The van der Waals surface area contributed by atoms with E-state index < -0.39 is 0 Å². The van der Waals surface area contributed by atoms with Crippen LogP contribution in [0.1, 0.15) is 57.5 Å². The number of hydrogen-bond donors (Lipinski definition) is 1. The van der Waals surface area contributed by atoms with E-state index in [0.29, 0.717) is 6.04 Å². The minimum absolute atomic E-state index is 0.235. The summed E-state index contributed by atoms with van der Waals surface area (Å²) in [6.45, 7) is 9.04. The predicted molar refractivity (Wildman–Crippen MR) is 89.0 cm³/mol. The monoisotopic (exact) mass is 282 g/mol. The third-order valence-electron chi connectivity index (χ3n) is 3.60. The first-order valence-electron chi connectivity index (χ1n) is 7.68. The van der Waals surface area contributed by atoms with E-state index in [2.05, 4.69) is 74.4 Å². The van der Waals surface area contributed by atoms with Crippen molar-refractivity contribution < 1.29 is 0 Å². The minimum Gasteiger partial charge on any atom is -0.302 e. The molecule has 2 heteroatoms. The van der Waals surface area contributed by atoms with Crippen molar-refractivity contribution in [1.82, 2.24) is 10.3 Å². The second-order valence-corrected chi connectivity index (χ2v) is 6.87. The van der Waals surface area contributed by atoms with E-state index in [9.17, 15) is 0 Å². The van der Waals surface area contributed by atoms with Gasteiger partial charge in [-0.25, -0.2) is 0 Å². The zero-order chi connectivity index (χ0) is 15.3. The maximum absolute atomic E-state index is 4.46. The molecule has 0 amide bonds. The molecule has 1 heterocycles. The zero-order valence-electron chi connectivity index (χ0n) is 13.5. The molecule has 0 saturated carbocycles. The Balaban J connectivity index is 2.16. The van der Waals surface area contributed by atoms with Crippen LogP contribution in [-0.4, -0.2) is 4.98 Å². The van der Waals surface area contributed by atoms with E-state index in [4.69, 9.17) is 0 Å². The van der Waals surface area contributed by atoms with Crippen LogP contribution in [0.3, 0.4) is 0 Å². The predicted octanol–water partition coefficient (Wildman–Crippen LogP) is 4.91. The molecule has 2 atom stereocenters. The highest BCUT2D eigenvalue weighted by atomic mass is 15.0. The van der Waals surface area contributed by atoms with Gasteiger partial charge in [-0.1, -0.05) is 57.2 Å². The fourth-order valence-corrected chi connectivity index (χ4v) is 2.59. The molecule has 2 nitrogen and oxygen atoms in total. The fraction of sp³-hybridized carbons (Fsp3) is 0.421. The molecule has 0 bridgehead atoms. The van der Waals surface area contributed by atoms with Gasteiger partial charge in [0.2, 0.25) is 0 Å². The molecule has 0 spiro atoms. The van der Waals surface area contributed by atoms with Gasteiger partial charge in [0, 0.05) is 18.3 Å². The Hall–Kier alpha value is -1.67. The van der Waals surface area contributed by atoms with Gasteiger partial charge in [-0.15, -0.1) is 0 Å². The first-order chi connectivity index (χ1) is 9.96. The molecule has 1 aromatic heterocycles. The zero-order valence-corrected chi connectivity index (χ0v) is 13.5. The molecule has 2 aromatic rings. The van der Waals surface area contributed by atoms with Gasteiger partial charge < -0.3 is 5.32 Å². The molecule has 2 rings (SSSR count). The Morgan fingerprint density at radius 1 is 1.00 bits per heavy atom. The summed E-state index contributed by atoms with van der Waals surface area (Å²) in [4.78, 5) is 4.46. The Morgan fingerprint density at radius 2 is 1.67 bits per heavy atom. The number of rotatable bonds is 5. The van der Waals surface area contributed by atoms with Crippen LogP contribution >= 0.6 is 0 Å². The fourth-order valence-electron chi connectivity index (χ4n) is 2.59. The van der Waals surface area contributed by atoms with Crippen molar-refractivity contribution in [2.75, 3.05) is 0 Å². The second kappa shape index (κ2) is 6.86. The number of nitrogens with zero attached hydrogens (tertiary/aromatic N) is 1. The number of nitrogens with one attached hydrogen (secondary N) is 1. The Morgan fingerprint density at radius 3 is 2.24 bits per heavy atom. The molecule has 1 N–H and O–H groups in total. The first kappa shape index (κ1) is 15.7. The van der Waals surface area contributed by atoms with Gasteiger partial charge in [0.1, 0.15) is 0 Å². The van der Waals surface area contributed by atoms with Gasteiger partial charge in [0.15, 0.2) is 0 Å². The quantitative estimate of drug-likeness (QED) is 0.843. The van der Waals surface area contributed by atoms with E-state index in [1.165, 1.54) is 5.56 Å². The number of pyridine rings is 1. The average molecular weight is 282 g/mol. The molecular formula is C19H26N2. The lowest BCUT2D eigenvalue weighted by molar-refractivity contribution is 0.296. The Bertz CT molecular complexity index is 528. The van der Waals surface area contributed by atoms with Gasteiger partial charge >= 0.3 is 0 Å². The van der Waals surface area contributed by atoms with Crippen LogP contribution in [0.2, 0.25) is 0 Å². The second-order valence-electron chi connectivity index (χ2n) is 6.87. The van der Waals surface area contributed by atoms with E-state index in [0.717, 1.165) is 12.1 Å². The number of hydrogen-bond acceptors (Lipinski definition) is 2. The van der Waals surface area contributed by atoms with Gasteiger partial charge in [0.25, 0.3) is 0 Å². The van der Waals surface area contributed by atoms with Gasteiger partial charge in [-0.05, 0) is 36.5 Å². The van der Waals surface area contributed by atoms with Crippen LogP contribution in [0.4, 0.5) is 0 Å². The SMILES string of the molecule is C[C@@H](NC(CC(C)(C)C)c1ccccc1)c1ccccn1. The van der Waals surface area contributed by atoms with E-state index in [-0.39, 0.29) is 11.5 Å². The maximum atomic E-state index is 4.46. The number of benzene rings is 1. The summed E-state index contributed by atoms with van der Waals surface area (Å²) in [5.41, 5.74) is 2.71. The summed E-state index contributed by atoms with van der Waals surface area (Å²) in [6, 6.07) is 17.3. The average Bonchev–Trinajstić information content (AvgIpc) is 2.47. The molecule has 0 saturated heterocycles. The van der Waals surface area contributed by atoms with Crippen LogP contribution in [0.25, 0.3) is 0 Å². The number of aromatic nitrogens is 1. The molecule has 0 aliphatic heterocycles. The van der Waals surface area contributed by atoms with Crippen LogP contribution in [0.5, 0.6) is 0 Å². The Kier molecular flexibility index (Phi) is 5.13. The molecule has 0 aliphatic rings. The molecule has 0 fully saturated rings. The van der Waals surface area contributed by atoms with Gasteiger partial charge in [0.05, 0.1) is 5.69 Å². The van der Waals surface area contributed by atoms with Crippen molar-refractivity contribution in [2.24, 2.45) is 5.41 Å². The lowest BCUT2D eigenvalue weighted by Crippen LogP contribution is -2.28. The van der Waals surface area contributed by atoms with Crippen molar-refractivity contribution in [3.05, 3.63) is 66.0 Å². The van der Waals surface area contributed by atoms with Gasteiger partial charge in [-0.2, -0.15) is 0 Å². The van der Waals surface area contributed by atoms with Crippen molar-refractivity contribution in [3.8, 4) is 0 Å². The van der Waals surface area contributed by atoms with Gasteiger partial charge in [-0.3, -0.25) is 4.98 Å². The lowest BCUT2D eigenvalue weighted by Gasteiger charge is -2.29. The van der Waals surface area contributed by atoms with E-state index >= 15 is 0 Å². The molecule has 21 heavy (non-hydrogen) atoms. The van der Waals surface area contributed by atoms with Crippen LogP contribution in [0, 0.1) is 5.41 Å². The summed E-state index contributed by atoms with van der Waals surface area (Å²) < 4.78 is 0. The van der Waals surface area contributed by atoms with Crippen molar-refractivity contribution in [2.45, 2.75) is 46.2 Å². The highest BCUT2D eigenvalue weighted by molar-refractivity contribution is 5.20. The smallest absolute Gasteiger partial charge is 0.0570 e. The molecule has 0 radical (unpaired) electrons. The van der Waals surface area contributed by atoms with Crippen molar-refractivity contribution >= 4 is 0 Å². The largest absolute Gasteiger partial charge is 0.302 e. The van der Waals surface area contributed by atoms with Crippen LogP contribution in [-0.2, 0) is 0 Å². The normalized spacial score (nSPS) is 14.7. The lowest BCUT2D eigenvalue weighted by atomic mass is 9.85. The Labute approximate surface area is 128 Å². The van der Waals surface area contributed by atoms with E-state index in [1.54, 1.807) is 0 Å². The van der Waals surface area contributed by atoms with Crippen LogP contribution < -0.4 is 5.32 Å². The maximum Gasteiger partial charge on any atom is 0.0570 e. The highest BCUT2D eigenvalue weighted by Crippen LogP contribution is 2.31. The molecular weight excluding hydrogens is 256 g/mol. The molecule has 112 valence electrons.